The smallest absolute Gasteiger partial charge is 0.287 e. The van der Waals surface area contributed by atoms with Crippen LogP contribution >= 0.6 is 0 Å². The lowest BCUT2D eigenvalue weighted by Gasteiger charge is -2.19. The summed E-state index contributed by atoms with van der Waals surface area (Å²) in [4.78, 5) is 28.0. The van der Waals surface area contributed by atoms with Crippen LogP contribution in [-0.2, 0) is 4.79 Å². The number of carbonyl (C=O) groups excluding carboxylic acids is 2. The van der Waals surface area contributed by atoms with Crippen LogP contribution in [0, 0.1) is 5.92 Å². The van der Waals surface area contributed by atoms with Crippen molar-refractivity contribution in [1.29, 1.82) is 0 Å². The molecule has 0 aliphatic heterocycles. The second kappa shape index (κ2) is 6.95. The number of aromatic nitrogens is 1. The molecule has 3 N–H and O–H groups in total. The van der Waals surface area contributed by atoms with Crippen molar-refractivity contribution < 1.29 is 19.1 Å². The maximum absolute atomic E-state index is 12.2. The summed E-state index contributed by atoms with van der Waals surface area (Å²) in [6, 6.07) is 5.54. The van der Waals surface area contributed by atoms with Gasteiger partial charge < -0.3 is 20.2 Å². The zero-order valence-electron chi connectivity index (χ0n) is 13.2. The van der Waals surface area contributed by atoms with Crippen molar-refractivity contribution in [3.63, 3.8) is 0 Å². The summed E-state index contributed by atoms with van der Waals surface area (Å²) in [6.45, 7) is 3.68. The molecular weight excluding hydrogens is 298 g/mol. The van der Waals surface area contributed by atoms with Crippen molar-refractivity contribution in [2.75, 3.05) is 7.05 Å². The highest BCUT2D eigenvalue weighted by Gasteiger charge is 2.25. The van der Waals surface area contributed by atoms with Gasteiger partial charge in [0.25, 0.3) is 5.91 Å². The van der Waals surface area contributed by atoms with E-state index in [4.69, 9.17) is 4.42 Å². The minimum Gasteiger partial charge on any atom is -0.506 e. The van der Waals surface area contributed by atoms with Gasteiger partial charge >= 0.3 is 0 Å². The van der Waals surface area contributed by atoms with Gasteiger partial charge in [0.05, 0.1) is 6.20 Å². The van der Waals surface area contributed by atoms with Crippen LogP contribution < -0.4 is 10.6 Å². The van der Waals surface area contributed by atoms with E-state index in [-0.39, 0.29) is 23.3 Å². The van der Waals surface area contributed by atoms with Gasteiger partial charge in [-0.05, 0) is 30.2 Å². The fraction of sp³-hybridized carbons (Fsp3) is 0.312. The molecule has 0 spiro atoms. The van der Waals surface area contributed by atoms with E-state index in [1.807, 2.05) is 13.8 Å². The molecule has 7 nitrogen and oxygen atoms in total. The second-order valence-electron chi connectivity index (χ2n) is 5.37. The fourth-order valence-corrected chi connectivity index (χ4v) is 2.03. The van der Waals surface area contributed by atoms with Gasteiger partial charge in [-0.3, -0.25) is 9.59 Å². The molecule has 7 heteroatoms. The van der Waals surface area contributed by atoms with Crippen LogP contribution in [0.15, 0.2) is 34.9 Å². The molecule has 2 aromatic heterocycles. The average Bonchev–Trinajstić information content (AvgIpc) is 3.02. The summed E-state index contributed by atoms with van der Waals surface area (Å²) in [5.41, 5.74) is 0.494. The summed E-state index contributed by atoms with van der Waals surface area (Å²) in [7, 11) is 1.52. The minimum atomic E-state index is -0.646. The van der Waals surface area contributed by atoms with Gasteiger partial charge in [-0.15, -0.1) is 0 Å². The van der Waals surface area contributed by atoms with Crippen molar-refractivity contribution in [3.05, 3.63) is 36.2 Å². The van der Waals surface area contributed by atoms with Gasteiger partial charge in [0.2, 0.25) is 5.91 Å². The number of pyridine rings is 1. The molecule has 0 aliphatic rings. The van der Waals surface area contributed by atoms with Crippen molar-refractivity contribution in [2.24, 2.45) is 5.92 Å². The normalized spacial score (nSPS) is 12.0. The van der Waals surface area contributed by atoms with Gasteiger partial charge in [0, 0.05) is 7.05 Å². The largest absolute Gasteiger partial charge is 0.506 e. The van der Waals surface area contributed by atoms with E-state index in [1.54, 1.807) is 12.1 Å². The quantitative estimate of drug-likeness (QED) is 0.776. The van der Waals surface area contributed by atoms with Crippen molar-refractivity contribution in [3.8, 4) is 17.2 Å². The zero-order chi connectivity index (χ0) is 17.0. The molecule has 0 bridgehead atoms. The fourth-order valence-electron chi connectivity index (χ4n) is 2.03. The molecule has 0 radical (unpaired) electrons. The van der Waals surface area contributed by atoms with E-state index in [0.717, 1.165) is 0 Å². The van der Waals surface area contributed by atoms with Crippen LogP contribution in [0.3, 0.4) is 0 Å². The number of rotatable bonds is 5. The number of amides is 2. The van der Waals surface area contributed by atoms with E-state index >= 15 is 0 Å². The first kappa shape index (κ1) is 16.5. The highest BCUT2D eigenvalue weighted by Crippen LogP contribution is 2.21. The first-order chi connectivity index (χ1) is 10.9. The van der Waals surface area contributed by atoms with E-state index in [9.17, 15) is 14.7 Å². The van der Waals surface area contributed by atoms with Crippen LogP contribution in [0.5, 0.6) is 5.75 Å². The Bertz CT molecular complexity index is 692. The Labute approximate surface area is 133 Å². The van der Waals surface area contributed by atoms with Gasteiger partial charge in [0.15, 0.2) is 11.5 Å². The number of carbonyl (C=O) groups is 2. The minimum absolute atomic E-state index is 0.0450. The first-order valence-electron chi connectivity index (χ1n) is 7.20. The molecule has 0 aromatic carbocycles. The molecule has 2 heterocycles. The number of hydrogen-bond donors (Lipinski definition) is 3. The predicted octanol–water partition coefficient (Wildman–Crippen LogP) is 1.55. The third kappa shape index (κ3) is 3.88. The van der Waals surface area contributed by atoms with E-state index in [1.165, 1.54) is 25.4 Å². The summed E-state index contributed by atoms with van der Waals surface area (Å²) in [5, 5.41) is 14.4. The topological polar surface area (TPSA) is 104 Å². The Morgan fingerprint density at radius 3 is 2.52 bits per heavy atom. The molecule has 0 unspecified atom stereocenters. The van der Waals surface area contributed by atoms with E-state index < -0.39 is 11.9 Å². The Morgan fingerprint density at radius 2 is 1.96 bits per heavy atom. The lowest BCUT2D eigenvalue weighted by Crippen LogP contribution is -2.48. The standard InChI is InChI=1S/C16H19N3O4/c1-9(2)14(16(22)17-3)19-15(21)13-7-6-12(23-13)11-5-4-10(20)8-18-11/h4-9,14,20H,1-3H3,(H,17,22)(H,19,21)/t14-/m0/s1. The SMILES string of the molecule is CNC(=O)[C@@H](NC(=O)c1ccc(-c2ccc(O)cn2)o1)C(C)C. The number of nitrogens with zero attached hydrogens (tertiary/aromatic N) is 1. The molecule has 2 amide bonds. The molecule has 0 aliphatic carbocycles. The van der Waals surface area contributed by atoms with E-state index in [2.05, 4.69) is 15.6 Å². The molecular formula is C16H19N3O4. The number of aromatic hydroxyl groups is 1. The highest BCUT2D eigenvalue weighted by molar-refractivity contribution is 5.95. The molecule has 0 saturated carbocycles. The monoisotopic (exact) mass is 317 g/mol. The van der Waals surface area contributed by atoms with Gasteiger partial charge in [-0.1, -0.05) is 13.8 Å². The first-order valence-corrected chi connectivity index (χ1v) is 7.20. The molecule has 122 valence electrons. The Kier molecular flexibility index (Phi) is 5.00. The Hall–Kier alpha value is -2.83. The maximum atomic E-state index is 12.2. The third-order valence-electron chi connectivity index (χ3n) is 3.31. The van der Waals surface area contributed by atoms with Gasteiger partial charge in [-0.2, -0.15) is 0 Å². The zero-order valence-corrected chi connectivity index (χ0v) is 13.2. The van der Waals surface area contributed by atoms with Crippen LogP contribution in [0.2, 0.25) is 0 Å². The van der Waals surface area contributed by atoms with Crippen molar-refractivity contribution >= 4 is 11.8 Å². The van der Waals surface area contributed by atoms with E-state index in [0.29, 0.717) is 11.5 Å². The second-order valence-corrected chi connectivity index (χ2v) is 5.37. The lowest BCUT2D eigenvalue weighted by molar-refractivity contribution is -0.123. The Balaban J connectivity index is 2.14. The summed E-state index contributed by atoms with van der Waals surface area (Å²) >= 11 is 0. The molecule has 2 aromatic rings. The average molecular weight is 317 g/mol. The summed E-state index contributed by atoms with van der Waals surface area (Å²) in [5.74, 6) is -0.269. The predicted molar refractivity (Wildman–Crippen MR) is 83.8 cm³/mol. The molecule has 0 saturated heterocycles. The van der Waals surface area contributed by atoms with Crippen molar-refractivity contribution in [1.82, 2.24) is 15.6 Å². The number of nitrogens with one attached hydrogen (secondary N) is 2. The molecule has 1 atom stereocenters. The Morgan fingerprint density at radius 1 is 1.22 bits per heavy atom. The number of hydrogen-bond acceptors (Lipinski definition) is 5. The van der Waals surface area contributed by atoms with Crippen molar-refractivity contribution in [2.45, 2.75) is 19.9 Å². The van der Waals surface area contributed by atoms with Crippen LogP contribution in [0.25, 0.3) is 11.5 Å². The van der Waals surface area contributed by atoms with Gasteiger partial charge in [0.1, 0.15) is 17.5 Å². The van der Waals surface area contributed by atoms with Crippen LogP contribution in [0.1, 0.15) is 24.4 Å². The van der Waals surface area contributed by atoms with Crippen LogP contribution in [0.4, 0.5) is 0 Å². The lowest BCUT2D eigenvalue weighted by atomic mass is 10.0. The summed E-state index contributed by atoms with van der Waals surface area (Å²) < 4.78 is 5.48. The molecule has 23 heavy (non-hydrogen) atoms. The molecule has 2 rings (SSSR count). The summed E-state index contributed by atoms with van der Waals surface area (Å²) in [6.07, 6.45) is 1.29. The van der Waals surface area contributed by atoms with Gasteiger partial charge in [-0.25, -0.2) is 4.98 Å². The number of furan rings is 1. The number of likely N-dealkylation sites (N-methyl/N-ethyl adjacent to an activating group) is 1. The molecule has 0 fully saturated rings. The third-order valence-corrected chi connectivity index (χ3v) is 3.31. The van der Waals surface area contributed by atoms with Crippen LogP contribution in [-0.4, -0.2) is 35.0 Å². The maximum Gasteiger partial charge on any atom is 0.287 e. The highest BCUT2D eigenvalue weighted by atomic mass is 16.4.